The molecule has 1 heterocycles. The minimum Gasteiger partial charge on any atom is -0.294 e. The van der Waals surface area contributed by atoms with Crippen molar-refractivity contribution >= 4 is 5.78 Å². The molecule has 3 nitrogen and oxygen atoms in total. The average Bonchev–Trinajstić information content (AvgIpc) is 2.81. The fraction of sp³-hybridized carbons (Fsp3) is 0.286. The summed E-state index contributed by atoms with van der Waals surface area (Å²) < 4.78 is 40.0. The Kier molecular flexibility index (Phi) is 3.92. The molecule has 0 aliphatic rings. The smallest absolute Gasteiger partial charge is 0.294 e. The maximum absolute atomic E-state index is 12.8. The highest BCUT2D eigenvalue weighted by atomic mass is 19.4. The van der Waals surface area contributed by atoms with Gasteiger partial charge in [0, 0.05) is 25.2 Å². The SMILES string of the molecule is Cn1cc(CCC(=O)c2ccccc2C(F)(F)F)cn1. The van der Waals surface area contributed by atoms with Crippen LogP contribution in [0.1, 0.15) is 27.9 Å². The lowest BCUT2D eigenvalue weighted by Gasteiger charge is -2.11. The third kappa shape index (κ3) is 3.26. The van der Waals surface area contributed by atoms with Crippen LogP contribution in [0.25, 0.3) is 0 Å². The lowest BCUT2D eigenvalue weighted by molar-refractivity contribution is -0.137. The van der Waals surface area contributed by atoms with Crippen LogP contribution >= 0.6 is 0 Å². The molecule has 106 valence electrons. The number of carbonyl (C=O) groups is 1. The summed E-state index contributed by atoms with van der Waals surface area (Å²) in [6, 6.07) is 4.86. The summed E-state index contributed by atoms with van der Waals surface area (Å²) in [5, 5.41) is 3.95. The van der Waals surface area contributed by atoms with Crippen molar-refractivity contribution in [3.63, 3.8) is 0 Å². The van der Waals surface area contributed by atoms with Gasteiger partial charge in [-0.2, -0.15) is 18.3 Å². The predicted octanol–water partition coefficient (Wildman–Crippen LogP) is 3.25. The van der Waals surface area contributed by atoms with Gasteiger partial charge in [0.2, 0.25) is 0 Å². The molecular formula is C14H13F3N2O. The molecule has 0 atom stereocenters. The van der Waals surface area contributed by atoms with Crippen LogP contribution in [0.3, 0.4) is 0 Å². The highest BCUT2D eigenvalue weighted by Crippen LogP contribution is 2.32. The van der Waals surface area contributed by atoms with Gasteiger partial charge in [-0.3, -0.25) is 9.48 Å². The Balaban J connectivity index is 2.13. The predicted molar refractivity (Wildman–Crippen MR) is 67.3 cm³/mol. The van der Waals surface area contributed by atoms with E-state index in [9.17, 15) is 18.0 Å². The fourth-order valence-corrected chi connectivity index (χ4v) is 1.97. The van der Waals surface area contributed by atoms with Crippen LogP contribution in [0.2, 0.25) is 0 Å². The average molecular weight is 282 g/mol. The molecule has 0 bridgehead atoms. The number of alkyl halides is 3. The van der Waals surface area contributed by atoms with Crippen LogP contribution in [0.5, 0.6) is 0 Å². The lowest BCUT2D eigenvalue weighted by atomic mass is 9.99. The summed E-state index contributed by atoms with van der Waals surface area (Å²) >= 11 is 0. The molecule has 1 aromatic carbocycles. The standard InChI is InChI=1S/C14H13F3N2O/c1-19-9-10(8-18-19)6-7-13(20)11-4-2-3-5-12(11)14(15,16)17/h2-5,8-9H,6-7H2,1H3. The number of carbonyl (C=O) groups excluding carboxylic acids is 1. The molecule has 1 aromatic heterocycles. The van der Waals surface area contributed by atoms with Gasteiger partial charge in [-0.25, -0.2) is 0 Å². The van der Waals surface area contributed by atoms with Gasteiger partial charge in [0.05, 0.1) is 11.8 Å². The normalized spacial score (nSPS) is 11.6. The molecule has 0 radical (unpaired) electrons. The molecule has 2 aromatic rings. The number of aromatic nitrogens is 2. The highest BCUT2D eigenvalue weighted by molar-refractivity contribution is 5.97. The van der Waals surface area contributed by atoms with Crippen molar-refractivity contribution in [3.05, 3.63) is 53.3 Å². The van der Waals surface area contributed by atoms with E-state index in [1.165, 1.54) is 18.2 Å². The van der Waals surface area contributed by atoms with Crippen molar-refractivity contribution in [2.24, 2.45) is 7.05 Å². The van der Waals surface area contributed by atoms with Gasteiger partial charge in [0.15, 0.2) is 5.78 Å². The Morgan fingerprint density at radius 2 is 2.00 bits per heavy atom. The fourth-order valence-electron chi connectivity index (χ4n) is 1.97. The summed E-state index contributed by atoms with van der Waals surface area (Å²) in [5.74, 6) is -0.512. The van der Waals surface area contributed by atoms with Crippen molar-refractivity contribution in [2.75, 3.05) is 0 Å². The maximum atomic E-state index is 12.8. The first-order valence-electron chi connectivity index (χ1n) is 6.05. The van der Waals surface area contributed by atoms with Crippen molar-refractivity contribution in [2.45, 2.75) is 19.0 Å². The van der Waals surface area contributed by atoms with E-state index in [2.05, 4.69) is 5.10 Å². The summed E-state index contributed by atoms with van der Waals surface area (Å²) in [4.78, 5) is 12.0. The molecule has 0 amide bonds. The molecule has 20 heavy (non-hydrogen) atoms. The largest absolute Gasteiger partial charge is 0.417 e. The zero-order valence-electron chi connectivity index (χ0n) is 10.8. The number of halogens is 3. The van der Waals surface area contributed by atoms with Crippen LogP contribution in [-0.4, -0.2) is 15.6 Å². The van der Waals surface area contributed by atoms with E-state index in [-0.39, 0.29) is 12.0 Å². The first-order chi connectivity index (χ1) is 9.38. The third-order valence-electron chi connectivity index (χ3n) is 2.93. The molecular weight excluding hydrogens is 269 g/mol. The number of ketones is 1. The lowest BCUT2D eigenvalue weighted by Crippen LogP contribution is -2.13. The second kappa shape index (κ2) is 5.48. The maximum Gasteiger partial charge on any atom is 0.417 e. The Morgan fingerprint density at radius 3 is 2.60 bits per heavy atom. The van der Waals surface area contributed by atoms with E-state index in [1.54, 1.807) is 24.1 Å². The number of rotatable bonds is 4. The zero-order chi connectivity index (χ0) is 14.8. The van der Waals surface area contributed by atoms with Crippen molar-refractivity contribution in [1.29, 1.82) is 0 Å². The number of benzene rings is 1. The second-order valence-electron chi connectivity index (χ2n) is 4.49. The van der Waals surface area contributed by atoms with E-state index >= 15 is 0 Å². The van der Waals surface area contributed by atoms with Gasteiger partial charge in [-0.15, -0.1) is 0 Å². The molecule has 0 fully saturated rings. The van der Waals surface area contributed by atoms with Gasteiger partial charge in [0.25, 0.3) is 0 Å². The van der Waals surface area contributed by atoms with Crippen molar-refractivity contribution in [3.8, 4) is 0 Å². The minimum absolute atomic E-state index is 0.0266. The molecule has 0 saturated carbocycles. The number of hydrogen-bond acceptors (Lipinski definition) is 2. The number of aryl methyl sites for hydroxylation is 2. The summed E-state index contributed by atoms with van der Waals surface area (Å²) in [6.45, 7) is 0. The van der Waals surface area contributed by atoms with Crippen molar-refractivity contribution < 1.29 is 18.0 Å². The Morgan fingerprint density at radius 1 is 1.30 bits per heavy atom. The second-order valence-corrected chi connectivity index (χ2v) is 4.49. The minimum atomic E-state index is -4.51. The van der Waals surface area contributed by atoms with Crippen LogP contribution in [0, 0.1) is 0 Å². The van der Waals surface area contributed by atoms with E-state index in [0.717, 1.165) is 11.6 Å². The highest BCUT2D eigenvalue weighted by Gasteiger charge is 2.34. The molecule has 0 aliphatic carbocycles. The van der Waals surface area contributed by atoms with Gasteiger partial charge < -0.3 is 0 Å². The molecule has 0 N–H and O–H groups in total. The monoisotopic (exact) mass is 282 g/mol. The summed E-state index contributed by atoms with van der Waals surface area (Å²) in [6.07, 6.45) is -0.774. The molecule has 0 aliphatic heterocycles. The van der Waals surface area contributed by atoms with Crippen LogP contribution in [0.15, 0.2) is 36.7 Å². The number of nitrogens with zero attached hydrogens (tertiary/aromatic N) is 2. The van der Waals surface area contributed by atoms with Crippen LogP contribution in [-0.2, 0) is 19.6 Å². The van der Waals surface area contributed by atoms with Crippen LogP contribution in [0.4, 0.5) is 13.2 Å². The topological polar surface area (TPSA) is 34.9 Å². The van der Waals surface area contributed by atoms with E-state index in [1.807, 2.05) is 0 Å². The molecule has 0 saturated heterocycles. The quantitative estimate of drug-likeness (QED) is 0.807. The Hall–Kier alpha value is -2.11. The Labute approximate surface area is 114 Å². The van der Waals surface area contributed by atoms with Crippen molar-refractivity contribution in [1.82, 2.24) is 9.78 Å². The van der Waals surface area contributed by atoms with Crippen LogP contribution < -0.4 is 0 Å². The van der Waals surface area contributed by atoms with Gasteiger partial charge in [-0.05, 0) is 18.1 Å². The van der Waals surface area contributed by atoms with Gasteiger partial charge in [0.1, 0.15) is 0 Å². The van der Waals surface area contributed by atoms with Gasteiger partial charge in [-0.1, -0.05) is 18.2 Å². The Bertz CT molecular complexity index is 617. The molecule has 2 rings (SSSR count). The van der Waals surface area contributed by atoms with E-state index in [0.29, 0.717) is 6.42 Å². The first-order valence-corrected chi connectivity index (χ1v) is 6.05. The number of Topliss-reactive ketones (excluding diaryl/α,β-unsaturated/α-hetero) is 1. The molecule has 0 spiro atoms. The summed E-state index contributed by atoms with van der Waals surface area (Å²) in [5.41, 5.74) is -0.328. The van der Waals surface area contributed by atoms with E-state index < -0.39 is 17.5 Å². The number of hydrogen-bond donors (Lipinski definition) is 0. The van der Waals surface area contributed by atoms with Gasteiger partial charge >= 0.3 is 6.18 Å². The first kappa shape index (κ1) is 14.3. The zero-order valence-corrected chi connectivity index (χ0v) is 10.8. The third-order valence-corrected chi connectivity index (χ3v) is 2.93. The summed E-state index contributed by atoms with van der Waals surface area (Å²) in [7, 11) is 1.74. The van der Waals surface area contributed by atoms with E-state index in [4.69, 9.17) is 0 Å². The molecule has 0 unspecified atom stereocenters. The molecule has 6 heteroatoms.